The summed E-state index contributed by atoms with van der Waals surface area (Å²) in [5, 5.41) is 14.3. The number of hydrogen-bond donors (Lipinski definition) is 3. The number of piperidine rings is 1. The number of rotatable bonds is 6. The van der Waals surface area contributed by atoms with Gasteiger partial charge in [-0.2, -0.15) is 0 Å². The van der Waals surface area contributed by atoms with Crippen LogP contribution in [0.5, 0.6) is 5.75 Å². The Bertz CT molecular complexity index is 1200. The van der Waals surface area contributed by atoms with Crippen molar-refractivity contribution in [2.24, 2.45) is 5.92 Å². The van der Waals surface area contributed by atoms with Crippen molar-refractivity contribution in [3.63, 3.8) is 0 Å². The lowest BCUT2D eigenvalue weighted by Crippen LogP contribution is -2.31. The maximum Gasteiger partial charge on any atom is 0.180 e. The van der Waals surface area contributed by atoms with E-state index >= 15 is 0 Å². The molecular formula is C21H22ClN3O4S. The number of Topliss-reactive ketones (excluding diaryl/α,β-unsaturated/α-hetero) is 1. The van der Waals surface area contributed by atoms with Gasteiger partial charge >= 0.3 is 0 Å². The van der Waals surface area contributed by atoms with Crippen molar-refractivity contribution in [2.75, 3.05) is 18.8 Å². The third-order valence-electron chi connectivity index (χ3n) is 5.50. The van der Waals surface area contributed by atoms with E-state index in [1.54, 1.807) is 12.3 Å². The number of aromatic amines is 1. The number of carbonyl (C=O) groups is 1. The van der Waals surface area contributed by atoms with E-state index in [4.69, 9.17) is 11.6 Å². The molecule has 0 aliphatic carbocycles. The predicted octanol–water partition coefficient (Wildman–Crippen LogP) is 3.12. The summed E-state index contributed by atoms with van der Waals surface area (Å²) in [6.45, 7) is 1.64. The average Bonchev–Trinajstić information content (AvgIpc) is 3.16. The highest BCUT2D eigenvalue weighted by Crippen LogP contribution is 2.33. The summed E-state index contributed by atoms with van der Waals surface area (Å²) < 4.78 is 25.6. The number of carbonyl (C=O) groups excluding carboxylic acids is 1. The molecule has 158 valence electrons. The van der Waals surface area contributed by atoms with Crippen LogP contribution in [0.15, 0.2) is 41.7 Å². The number of phenolic OH excluding ortho intramolecular Hbond substituents is 1. The number of nitrogens with zero attached hydrogens (tertiary/aromatic N) is 1. The van der Waals surface area contributed by atoms with Crippen LogP contribution in [0.2, 0.25) is 5.02 Å². The number of aromatic nitrogens is 2. The average molecular weight is 448 g/mol. The molecule has 0 radical (unpaired) electrons. The molecule has 3 N–H and O–H groups in total. The highest BCUT2D eigenvalue weighted by Gasteiger charge is 2.24. The molecule has 1 fully saturated rings. The Morgan fingerprint density at radius 3 is 2.77 bits per heavy atom. The largest absolute Gasteiger partial charge is 0.507 e. The Morgan fingerprint density at radius 1 is 1.23 bits per heavy atom. The third kappa shape index (κ3) is 4.21. The molecule has 3 aromatic rings. The van der Waals surface area contributed by atoms with Gasteiger partial charge in [0.2, 0.25) is 0 Å². The number of phenols is 1. The molecule has 0 spiro atoms. The second kappa shape index (κ2) is 8.37. The summed E-state index contributed by atoms with van der Waals surface area (Å²) in [5.74, 6) is -0.103. The molecule has 1 saturated heterocycles. The summed E-state index contributed by atoms with van der Waals surface area (Å²) in [4.78, 5) is 19.9. The van der Waals surface area contributed by atoms with Gasteiger partial charge in [-0.1, -0.05) is 11.6 Å². The van der Waals surface area contributed by atoms with Crippen LogP contribution in [0, 0.1) is 5.92 Å². The number of fused-ring (bicyclic) bond motifs is 1. The number of nitrogens with one attached hydrogen (secondary N) is 2. The molecule has 9 heteroatoms. The number of H-pyrrole nitrogens is 1. The van der Waals surface area contributed by atoms with E-state index in [2.05, 4.69) is 15.3 Å². The van der Waals surface area contributed by atoms with Crippen molar-refractivity contribution >= 4 is 38.1 Å². The van der Waals surface area contributed by atoms with E-state index in [1.165, 1.54) is 24.5 Å². The molecule has 0 amide bonds. The van der Waals surface area contributed by atoms with Crippen LogP contribution in [0.4, 0.5) is 0 Å². The molecule has 0 unspecified atom stereocenters. The molecule has 1 aromatic carbocycles. The monoisotopic (exact) mass is 447 g/mol. The standard InChI is InChI=1S/C21H22ClN3O4S/c22-17-1-2-18(26)20-15(10-25-21(17)20)8-19(27)14-7-16(11-24-9-14)30(28,29)12-13-3-5-23-6-4-13/h1-2,7,9-11,13,23,25-26H,3-6,8,12H2. The maximum atomic E-state index is 12.8. The first-order valence-electron chi connectivity index (χ1n) is 9.74. The number of aromatic hydroxyl groups is 1. The Balaban J connectivity index is 1.57. The normalized spacial score (nSPS) is 15.5. The summed E-state index contributed by atoms with van der Waals surface area (Å²) in [5.41, 5.74) is 1.35. The Hall–Kier alpha value is -2.42. The highest BCUT2D eigenvalue weighted by molar-refractivity contribution is 7.91. The van der Waals surface area contributed by atoms with Crippen molar-refractivity contribution in [3.05, 3.63) is 52.9 Å². The van der Waals surface area contributed by atoms with Gasteiger partial charge in [0.25, 0.3) is 0 Å². The minimum absolute atomic E-state index is 0.0205. The summed E-state index contributed by atoms with van der Waals surface area (Å²) in [7, 11) is -3.53. The zero-order valence-electron chi connectivity index (χ0n) is 16.2. The number of halogens is 1. The fraction of sp³-hybridized carbons (Fsp3) is 0.333. The van der Waals surface area contributed by atoms with Crippen LogP contribution in [0.1, 0.15) is 28.8 Å². The van der Waals surface area contributed by atoms with E-state index in [9.17, 15) is 18.3 Å². The molecule has 7 nitrogen and oxygen atoms in total. The van der Waals surface area contributed by atoms with Crippen LogP contribution in [-0.2, 0) is 16.3 Å². The van der Waals surface area contributed by atoms with Gasteiger partial charge in [0, 0.05) is 36.0 Å². The van der Waals surface area contributed by atoms with Crippen molar-refractivity contribution in [2.45, 2.75) is 24.2 Å². The van der Waals surface area contributed by atoms with Crippen LogP contribution in [0.25, 0.3) is 10.9 Å². The SMILES string of the molecule is O=C(Cc1c[nH]c2c(Cl)ccc(O)c12)c1cncc(S(=O)(=O)CC2CCNCC2)c1. The zero-order valence-corrected chi connectivity index (χ0v) is 17.8. The first-order valence-corrected chi connectivity index (χ1v) is 11.8. The topological polar surface area (TPSA) is 112 Å². The third-order valence-corrected chi connectivity index (χ3v) is 7.67. The fourth-order valence-corrected chi connectivity index (χ4v) is 5.76. The van der Waals surface area contributed by atoms with Crippen LogP contribution < -0.4 is 5.32 Å². The van der Waals surface area contributed by atoms with Gasteiger partial charge in [-0.05, 0) is 55.6 Å². The van der Waals surface area contributed by atoms with E-state index in [-0.39, 0.29) is 40.1 Å². The van der Waals surface area contributed by atoms with E-state index in [0.717, 1.165) is 25.9 Å². The molecule has 1 aliphatic rings. The molecular weight excluding hydrogens is 426 g/mol. The van der Waals surface area contributed by atoms with E-state index in [0.29, 0.717) is 21.5 Å². The Kier molecular flexibility index (Phi) is 5.81. The number of ketones is 1. The molecule has 4 rings (SSSR count). The quantitative estimate of drug-likeness (QED) is 0.500. The number of hydrogen-bond acceptors (Lipinski definition) is 6. The smallest absolute Gasteiger partial charge is 0.180 e. The number of benzene rings is 1. The number of pyridine rings is 1. The van der Waals surface area contributed by atoms with Gasteiger partial charge in [-0.3, -0.25) is 9.78 Å². The molecule has 3 heterocycles. The highest BCUT2D eigenvalue weighted by atomic mass is 35.5. The van der Waals surface area contributed by atoms with Crippen molar-refractivity contribution in [3.8, 4) is 5.75 Å². The first-order chi connectivity index (χ1) is 14.3. The number of sulfone groups is 1. The minimum Gasteiger partial charge on any atom is -0.507 e. The minimum atomic E-state index is -3.53. The molecule has 1 aliphatic heterocycles. The zero-order chi connectivity index (χ0) is 21.3. The Morgan fingerprint density at radius 2 is 2.00 bits per heavy atom. The van der Waals surface area contributed by atoms with Crippen LogP contribution in [0.3, 0.4) is 0 Å². The van der Waals surface area contributed by atoms with Gasteiger partial charge in [-0.15, -0.1) is 0 Å². The van der Waals surface area contributed by atoms with Gasteiger partial charge in [0.05, 0.1) is 21.2 Å². The predicted molar refractivity (Wildman–Crippen MR) is 115 cm³/mol. The van der Waals surface area contributed by atoms with Crippen molar-refractivity contribution in [1.29, 1.82) is 0 Å². The molecule has 0 atom stereocenters. The summed E-state index contributed by atoms with van der Waals surface area (Å²) in [6.07, 6.45) is 5.90. The second-order valence-corrected chi connectivity index (χ2v) is 10.1. The lowest BCUT2D eigenvalue weighted by atomic mass is 10.0. The van der Waals surface area contributed by atoms with E-state index in [1.807, 2.05) is 0 Å². The van der Waals surface area contributed by atoms with Crippen LogP contribution >= 0.6 is 11.6 Å². The van der Waals surface area contributed by atoms with Gasteiger partial charge in [0.1, 0.15) is 5.75 Å². The van der Waals surface area contributed by atoms with Gasteiger partial charge < -0.3 is 15.4 Å². The van der Waals surface area contributed by atoms with Crippen molar-refractivity contribution in [1.82, 2.24) is 15.3 Å². The molecule has 0 bridgehead atoms. The lowest BCUT2D eigenvalue weighted by Gasteiger charge is -2.22. The summed E-state index contributed by atoms with van der Waals surface area (Å²) >= 11 is 6.14. The maximum absolute atomic E-state index is 12.8. The fourth-order valence-electron chi connectivity index (χ4n) is 3.87. The van der Waals surface area contributed by atoms with Gasteiger partial charge in [-0.25, -0.2) is 8.42 Å². The van der Waals surface area contributed by atoms with Gasteiger partial charge in [0.15, 0.2) is 15.6 Å². The summed E-state index contributed by atoms with van der Waals surface area (Å²) in [6, 6.07) is 4.44. The lowest BCUT2D eigenvalue weighted by molar-refractivity contribution is 0.0992. The second-order valence-electron chi connectivity index (χ2n) is 7.61. The first kappa shape index (κ1) is 20.8. The molecule has 2 aromatic heterocycles. The van der Waals surface area contributed by atoms with Crippen molar-refractivity contribution < 1.29 is 18.3 Å². The van der Waals surface area contributed by atoms with E-state index < -0.39 is 9.84 Å². The van der Waals surface area contributed by atoms with Crippen LogP contribution in [-0.4, -0.2) is 48.1 Å². The Labute approximate surface area is 179 Å². The molecule has 30 heavy (non-hydrogen) atoms. The molecule has 0 saturated carbocycles.